The molecule has 2 heterocycles. The van der Waals surface area contributed by atoms with Gasteiger partial charge in [-0.3, -0.25) is 0 Å². The van der Waals surface area contributed by atoms with Crippen LogP contribution in [-0.2, 0) is 6.54 Å². The summed E-state index contributed by atoms with van der Waals surface area (Å²) in [6.45, 7) is 5.26. The molecule has 166 valence electrons. The van der Waals surface area contributed by atoms with Crippen molar-refractivity contribution in [3.05, 3.63) is 97.2 Å². The Morgan fingerprint density at radius 3 is 2.67 bits per heavy atom. The van der Waals surface area contributed by atoms with Crippen LogP contribution in [0.3, 0.4) is 0 Å². The van der Waals surface area contributed by atoms with E-state index in [0.29, 0.717) is 12.3 Å². The third-order valence-corrected chi connectivity index (χ3v) is 5.85. The lowest BCUT2D eigenvalue weighted by Gasteiger charge is -2.38. The molecule has 0 spiro atoms. The minimum atomic E-state index is -0.296. The van der Waals surface area contributed by atoms with Crippen LogP contribution in [0.1, 0.15) is 12.0 Å². The molecule has 1 aliphatic rings. The Bertz CT molecular complexity index is 1280. The highest BCUT2D eigenvalue weighted by atomic mass is 16.5. The van der Waals surface area contributed by atoms with Gasteiger partial charge in [0.15, 0.2) is 0 Å². The molecular formula is C27H26N4O2. The van der Waals surface area contributed by atoms with E-state index in [4.69, 9.17) is 4.74 Å². The molecule has 1 atom stereocenters. The average molecular weight is 439 g/mol. The molecule has 0 aliphatic carbocycles. The standard InChI is InChI=1S/C27H26N4O2/c1-2-6-23-18-33-26-12-11-22(16-25(26)31(23)17-19-7-4-3-5-8-19)30-27(32)29-21-10-9-20-13-14-28-24(20)15-21/h2-5,7-16,23,28H,1,6,17-18H2,(H2,29,30,32). The first-order valence-electron chi connectivity index (χ1n) is 11.0. The minimum absolute atomic E-state index is 0.173. The van der Waals surface area contributed by atoms with Crippen LogP contribution in [0.25, 0.3) is 10.9 Å². The number of urea groups is 1. The zero-order chi connectivity index (χ0) is 22.6. The maximum atomic E-state index is 12.7. The molecule has 0 fully saturated rings. The minimum Gasteiger partial charge on any atom is -0.489 e. The number of aromatic amines is 1. The second kappa shape index (κ2) is 9.12. The summed E-state index contributed by atoms with van der Waals surface area (Å²) in [4.78, 5) is 18.2. The molecule has 0 saturated carbocycles. The molecule has 4 aromatic rings. The van der Waals surface area contributed by atoms with E-state index in [2.05, 4.69) is 39.2 Å². The van der Waals surface area contributed by atoms with Crippen LogP contribution in [-0.4, -0.2) is 23.7 Å². The fourth-order valence-electron chi connectivity index (χ4n) is 4.22. The van der Waals surface area contributed by atoms with Crippen molar-refractivity contribution in [3.8, 4) is 5.75 Å². The van der Waals surface area contributed by atoms with Crippen LogP contribution in [0.15, 0.2) is 91.6 Å². The fraction of sp³-hybridized carbons (Fsp3) is 0.148. The largest absolute Gasteiger partial charge is 0.489 e. The number of ether oxygens (including phenoxy) is 1. The van der Waals surface area contributed by atoms with Crippen molar-refractivity contribution < 1.29 is 9.53 Å². The second-order valence-corrected chi connectivity index (χ2v) is 8.14. The molecule has 0 bridgehead atoms. The highest BCUT2D eigenvalue weighted by Gasteiger charge is 2.27. The van der Waals surface area contributed by atoms with Crippen molar-refractivity contribution in [1.29, 1.82) is 0 Å². The highest BCUT2D eigenvalue weighted by molar-refractivity contribution is 6.01. The van der Waals surface area contributed by atoms with E-state index in [1.165, 1.54) is 5.56 Å². The van der Waals surface area contributed by atoms with E-state index in [0.717, 1.165) is 41.0 Å². The normalized spacial score (nSPS) is 14.9. The number of carbonyl (C=O) groups excluding carboxylic acids is 1. The quantitative estimate of drug-likeness (QED) is 0.316. The van der Waals surface area contributed by atoms with Gasteiger partial charge in [0.25, 0.3) is 0 Å². The van der Waals surface area contributed by atoms with Crippen molar-refractivity contribution in [2.75, 3.05) is 22.1 Å². The number of nitrogens with zero attached hydrogens (tertiary/aromatic N) is 1. The summed E-state index contributed by atoms with van der Waals surface area (Å²) in [6.07, 6.45) is 4.61. The third kappa shape index (κ3) is 4.55. The van der Waals surface area contributed by atoms with Crippen LogP contribution in [0.4, 0.5) is 21.9 Å². The third-order valence-electron chi connectivity index (χ3n) is 5.85. The van der Waals surface area contributed by atoms with Crippen LogP contribution in [0.2, 0.25) is 0 Å². The zero-order valence-electron chi connectivity index (χ0n) is 18.3. The summed E-state index contributed by atoms with van der Waals surface area (Å²) < 4.78 is 6.02. The Morgan fingerprint density at radius 2 is 1.85 bits per heavy atom. The van der Waals surface area contributed by atoms with Gasteiger partial charge >= 0.3 is 6.03 Å². The van der Waals surface area contributed by atoms with Crippen LogP contribution in [0.5, 0.6) is 5.75 Å². The van der Waals surface area contributed by atoms with Gasteiger partial charge < -0.3 is 25.3 Å². The van der Waals surface area contributed by atoms with Gasteiger partial charge in [-0.1, -0.05) is 42.5 Å². The smallest absolute Gasteiger partial charge is 0.323 e. The van der Waals surface area contributed by atoms with E-state index in [1.54, 1.807) is 0 Å². The van der Waals surface area contributed by atoms with E-state index in [9.17, 15) is 4.79 Å². The Morgan fingerprint density at radius 1 is 1.06 bits per heavy atom. The number of nitrogens with one attached hydrogen (secondary N) is 3. The van der Waals surface area contributed by atoms with Gasteiger partial charge in [-0.2, -0.15) is 0 Å². The number of carbonyl (C=O) groups is 1. The first-order chi connectivity index (χ1) is 16.2. The molecule has 1 unspecified atom stereocenters. The maximum absolute atomic E-state index is 12.7. The first kappa shape index (κ1) is 20.7. The number of H-pyrrole nitrogens is 1. The predicted molar refractivity (Wildman–Crippen MR) is 134 cm³/mol. The first-order valence-corrected chi connectivity index (χ1v) is 11.0. The second-order valence-electron chi connectivity index (χ2n) is 8.14. The SMILES string of the molecule is C=CCC1COc2ccc(NC(=O)Nc3ccc4cc[nH]c4c3)cc2N1Cc1ccccc1. The number of hydrogen-bond donors (Lipinski definition) is 3. The Hall–Kier alpha value is -4.19. The summed E-state index contributed by atoms with van der Waals surface area (Å²) in [5.74, 6) is 0.814. The summed E-state index contributed by atoms with van der Waals surface area (Å²) in [5, 5.41) is 6.96. The van der Waals surface area contributed by atoms with Gasteiger partial charge in [0.05, 0.1) is 11.7 Å². The monoisotopic (exact) mass is 438 g/mol. The number of amides is 2. The average Bonchev–Trinajstić information content (AvgIpc) is 3.29. The van der Waals surface area contributed by atoms with Gasteiger partial charge in [-0.15, -0.1) is 6.58 Å². The molecule has 0 radical (unpaired) electrons. The Labute approximate surface area is 192 Å². The van der Waals surface area contributed by atoms with E-state index >= 15 is 0 Å². The van der Waals surface area contributed by atoms with E-state index in [1.807, 2.05) is 72.9 Å². The summed E-state index contributed by atoms with van der Waals surface area (Å²) >= 11 is 0. The molecule has 0 saturated heterocycles. The highest BCUT2D eigenvalue weighted by Crippen LogP contribution is 2.38. The number of anilines is 3. The molecule has 2 amide bonds. The molecular weight excluding hydrogens is 412 g/mol. The molecule has 1 aromatic heterocycles. The lowest BCUT2D eigenvalue weighted by atomic mass is 10.1. The molecule has 5 rings (SSSR count). The summed E-state index contributed by atoms with van der Waals surface area (Å²) in [5.41, 5.74) is 4.58. The van der Waals surface area contributed by atoms with Crippen molar-refractivity contribution in [3.63, 3.8) is 0 Å². The number of benzene rings is 3. The summed E-state index contributed by atoms with van der Waals surface area (Å²) in [7, 11) is 0. The van der Waals surface area contributed by atoms with Crippen molar-refractivity contribution >= 4 is 34.0 Å². The maximum Gasteiger partial charge on any atom is 0.323 e. The van der Waals surface area contributed by atoms with Crippen LogP contribution >= 0.6 is 0 Å². The number of fused-ring (bicyclic) bond motifs is 2. The lowest BCUT2D eigenvalue weighted by Crippen LogP contribution is -2.42. The topological polar surface area (TPSA) is 69.4 Å². The molecule has 1 aliphatic heterocycles. The van der Waals surface area contributed by atoms with Crippen molar-refractivity contribution in [2.24, 2.45) is 0 Å². The van der Waals surface area contributed by atoms with Crippen LogP contribution < -0.4 is 20.3 Å². The number of rotatable bonds is 6. The van der Waals surface area contributed by atoms with Crippen LogP contribution in [0, 0.1) is 0 Å². The van der Waals surface area contributed by atoms with E-state index < -0.39 is 0 Å². The van der Waals surface area contributed by atoms with Gasteiger partial charge in [0, 0.05) is 29.6 Å². The number of aromatic nitrogens is 1. The van der Waals surface area contributed by atoms with E-state index in [-0.39, 0.29) is 12.1 Å². The van der Waals surface area contributed by atoms with Gasteiger partial charge in [0.1, 0.15) is 12.4 Å². The van der Waals surface area contributed by atoms with Gasteiger partial charge in [-0.25, -0.2) is 4.79 Å². The lowest BCUT2D eigenvalue weighted by molar-refractivity contribution is 0.260. The number of hydrogen-bond acceptors (Lipinski definition) is 3. The molecule has 3 N–H and O–H groups in total. The van der Waals surface area contributed by atoms with Gasteiger partial charge in [0.2, 0.25) is 0 Å². The van der Waals surface area contributed by atoms with Crippen molar-refractivity contribution in [2.45, 2.75) is 19.0 Å². The molecule has 6 nitrogen and oxygen atoms in total. The predicted octanol–water partition coefficient (Wildman–Crippen LogP) is 6.16. The Kier molecular flexibility index (Phi) is 5.72. The molecule has 3 aromatic carbocycles. The summed E-state index contributed by atoms with van der Waals surface area (Å²) in [6, 6.07) is 23.8. The molecule has 6 heteroatoms. The molecule has 33 heavy (non-hydrogen) atoms. The van der Waals surface area contributed by atoms with Gasteiger partial charge in [-0.05, 0) is 53.8 Å². The fourth-order valence-corrected chi connectivity index (χ4v) is 4.22. The zero-order valence-corrected chi connectivity index (χ0v) is 18.3. The van der Waals surface area contributed by atoms with Crippen molar-refractivity contribution in [1.82, 2.24) is 4.98 Å². The Balaban J connectivity index is 1.36.